The van der Waals surface area contributed by atoms with Gasteiger partial charge in [-0.05, 0) is 44.0 Å². The molecule has 2 saturated heterocycles. The van der Waals surface area contributed by atoms with E-state index in [0.29, 0.717) is 6.54 Å². The van der Waals surface area contributed by atoms with Gasteiger partial charge in [0, 0.05) is 18.6 Å². The summed E-state index contributed by atoms with van der Waals surface area (Å²) in [6.07, 6.45) is 2.64. The second kappa shape index (κ2) is 5.58. The van der Waals surface area contributed by atoms with Crippen LogP contribution in [0.25, 0.3) is 0 Å². The third kappa shape index (κ3) is 2.55. The average molecular weight is 326 g/mol. The second-order valence-electron chi connectivity index (χ2n) is 5.47. The Bertz CT molecular complexity index is 685. The highest BCUT2D eigenvalue weighted by atomic mass is 35.5. The number of halogens is 1. The Hall–Kier alpha value is -1.13. The van der Waals surface area contributed by atoms with Crippen molar-refractivity contribution in [3.63, 3.8) is 0 Å². The van der Waals surface area contributed by atoms with Crippen molar-refractivity contribution in [2.45, 2.75) is 36.2 Å². The van der Waals surface area contributed by atoms with Crippen LogP contribution in [0.15, 0.2) is 23.1 Å². The van der Waals surface area contributed by atoms with E-state index in [0.717, 1.165) is 25.8 Å². The fraction of sp³-hybridized carbons (Fsp3) is 0.500. The molecular formula is C14H16ClN3O2S. The first-order chi connectivity index (χ1) is 10.0. The Morgan fingerprint density at radius 1 is 1.29 bits per heavy atom. The lowest BCUT2D eigenvalue weighted by Gasteiger charge is -2.27. The highest BCUT2D eigenvalue weighted by molar-refractivity contribution is 7.89. The van der Waals surface area contributed by atoms with E-state index in [1.54, 1.807) is 4.31 Å². The molecule has 2 bridgehead atoms. The van der Waals surface area contributed by atoms with Crippen molar-refractivity contribution in [2.24, 2.45) is 0 Å². The molecule has 112 valence electrons. The first-order valence-electron chi connectivity index (χ1n) is 6.98. The summed E-state index contributed by atoms with van der Waals surface area (Å²) >= 11 is 5.98. The number of benzene rings is 1. The smallest absolute Gasteiger partial charge is 0.243 e. The molecule has 0 radical (unpaired) electrons. The third-order valence-corrected chi connectivity index (χ3v) is 6.54. The quantitative estimate of drug-likeness (QED) is 0.898. The van der Waals surface area contributed by atoms with E-state index in [4.69, 9.17) is 16.9 Å². The SMILES string of the molecule is N#Cc1ccc(S(=O)(=O)N2C3CCNCC2CC3)cc1Cl. The number of nitrogens with zero attached hydrogens (tertiary/aromatic N) is 2. The highest BCUT2D eigenvalue weighted by Gasteiger charge is 2.43. The summed E-state index contributed by atoms with van der Waals surface area (Å²) in [7, 11) is -3.57. The van der Waals surface area contributed by atoms with Crippen molar-refractivity contribution in [2.75, 3.05) is 13.1 Å². The first-order valence-corrected chi connectivity index (χ1v) is 8.80. The maximum Gasteiger partial charge on any atom is 0.243 e. The summed E-state index contributed by atoms with van der Waals surface area (Å²) in [4.78, 5) is 0.172. The van der Waals surface area contributed by atoms with Crippen molar-refractivity contribution >= 4 is 21.6 Å². The third-order valence-electron chi connectivity index (χ3n) is 4.22. The van der Waals surface area contributed by atoms with Gasteiger partial charge >= 0.3 is 0 Å². The summed E-state index contributed by atoms with van der Waals surface area (Å²) < 4.78 is 27.5. The lowest BCUT2D eigenvalue weighted by molar-refractivity contribution is 0.334. The molecule has 2 aliphatic heterocycles. The van der Waals surface area contributed by atoms with Crippen LogP contribution in [-0.4, -0.2) is 37.9 Å². The van der Waals surface area contributed by atoms with E-state index < -0.39 is 10.0 Å². The largest absolute Gasteiger partial charge is 0.315 e. The number of hydrogen-bond acceptors (Lipinski definition) is 4. The van der Waals surface area contributed by atoms with E-state index in [9.17, 15) is 8.42 Å². The summed E-state index contributed by atoms with van der Waals surface area (Å²) in [5, 5.41) is 12.4. The van der Waals surface area contributed by atoms with Crippen molar-refractivity contribution in [3.05, 3.63) is 28.8 Å². The van der Waals surface area contributed by atoms with Crippen LogP contribution in [0, 0.1) is 11.3 Å². The maximum atomic E-state index is 12.9. The van der Waals surface area contributed by atoms with Gasteiger partial charge in [-0.3, -0.25) is 0 Å². The van der Waals surface area contributed by atoms with Crippen LogP contribution in [0.4, 0.5) is 0 Å². The summed E-state index contributed by atoms with van der Waals surface area (Å²) in [6, 6.07) is 6.33. The molecule has 2 aliphatic rings. The molecule has 2 heterocycles. The molecule has 2 atom stereocenters. The zero-order valence-electron chi connectivity index (χ0n) is 11.4. The minimum atomic E-state index is -3.57. The fourth-order valence-electron chi connectivity index (χ4n) is 3.20. The molecule has 0 spiro atoms. The van der Waals surface area contributed by atoms with Crippen molar-refractivity contribution in [1.82, 2.24) is 9.62 Å². The van der Waals surface area contributed by atoms with Crippen molar-refractivity contribution in [3.8, 4) is 6.07 Å². The molecule has 2 unspecified atom stereocenters. The predicted octanol–water partition coefficient (Wildman–Crippen LogP) is 1.73. The maximum absolute atomic E-state index is 12.9. The standard InChI is InChI=1S/C14H16ClN3O2S/c15-14-7-13(4-1-10(14)8-16)21(19,20)18-11-2-3-12(18)9-17-6-5-11/h1,4,7,11-12,17H,2-3,5-6,9H2. The number of nitrogens with one attached hydrogen (secondary N) is 1. The number of fused-ring (bicyclic) bond motifs is 2. The lowest BCUT2D eigenvalue weighted by atomic mass is 10.1. The lowest BCUT2D eigenvalue weighted by Crippen LogP contribution is -2.42. The normalized spacial score (nSPS) is 26.3. The Balaban J connectivity index is 2.00. The van der Waals surface area contributed by atoms with Gasteiger partial charge in [0.25, 0.3) is 0 Å². The number of sulfonamides is 1. The van der Waals surface area contributed by atoms with Crippen LogP contribution in [0.2, 0.25) is 5.02 Å². The van der Waals surface area contributed by atoms with Gasteiger partial charge in [0.05, 0.1) is 15.5 Å². The zero-order chi connectivity index (χ0) is 15.0. The first kappa shape index (κ1) is 14.8. The molecule has 1 N–H and O–H groups in total. The molecule has 5 nitrogen and oxygen atoms in total. The van der Waals surface area contributed by atoms with Crippen LogP contribution in [-0.2, 0) is 10.0 Å². The molecule has 1 aromatic carbocycles. The predicted molar refractivity (Wildman–Crippen MR) is 79.5 cm³/mol. The van der Waals surface area contributed by atoms with Gasteiger partial charge < -0.3 is 5.32 Å². The molecule has 21 heavy (non-hydrogen) atoms. The molecule has 0 aliphatic carbocycles. The van der Waals surface area contributed by atoms with Gasteiger partial charge in [-0.15, -0.1) is 0 Å². The van der Waals surface area contributed by atoms with E-state index in [-0.39, 0.29) is 27.6 Å². The Morgan fingerprint density at radius 3 is 2.76 bits per heavy atom. The van der Waals surface area contributed by atoms with Crippen LogP contribution >= 0.6 is 11.6 Å². The molecule has 1 aromatic rings. The van der Waals surface area contributed by atoms with Crippen LogP contribution in [0.5, 0.6) is 0 Å². The molecule has 0 aromatic heterocycles. The Morgan fingerprint density at radius 2 is 2.05 bits per heavy atom. The Labute approximate surface area is 129 Å². The van der Waals surface area contributed by atoms with Gasteiger partial charge in [-0.1, -0.05) is 11.6 Å². The molecular weight excluding hydrogens is 310 g/mol. The average Bonchev–Trinajstić information content (AvgIpc) is 2.72. The molecule has 7 heteroatoms. The van der Waals surface area contributed by atoms with Gasteiger partial charge in [-0.2, -0.15) is 9.57 Å². The van der Waals surface area contributed by atoms with Gasteiger partial charge in [-0.25, -0.2) is 8.42 Å². The van der Waals surface area contributed by atoms with Gasteiger partial charge in [0.15, 0.2) is 0 Å². The molecule has 0 amide bonds. The number of hydrogen-bond donors (Lipinski definition) is 1. The summed E-state index contributed by atoms with van der Waals surface area (Å²) in [6.45, 7) is 1.54. The van der Waals surface area contributed by atoms with Crippen molar-refractivity contribution < 1.29 is 8.42 Å². The van der Waals surface area contributed by atoms with E-state index in [1.807, 2.05) is 6.07 Å². The van der Waals surface area contributed by atoms with Crippen LogP contribution < -0.4 is 5.32 Å². The zero-order valence-corrected chi connectivity index (χ0v) is 13.0. The fourth-order valence-corrected chi connectivity index (χ4v) is 5.41. The van der Waals surface area contributed by atoms with Crippen LogP contribution in [0.3, 0.4) is 0 Å². The van der Waals surface area contributed by atoms with E-state index in [1.165, 1.54) is 18.2 Å². The monoisotopic (exact) mass is 325 g/mol. The van der Waals surface area contributed by atoms with Crippen molar-refractivity contribution in [1.29, 1.82) is 5.26 Å². The second-order valence-corrected chi connectivity index (χ2v) is 7.72. The van der Waals surface area contributed by atoms with Gasteiger partial charge in [0.1, 0.15) is 6.07 Å². The molecule has 3 rings (SSSR count). The summed E-state index contributed by atoms with van der Waals surface area (Å²) in [5.41, 5.74) is 0.288. The van der Waals surface area contributed by atoms with Gasteiger partial charge in [0.2, 0.25) is 10.0 Å². The van der Waals surface area contributed by atoms with E-state index >= 15 is 0 Å². The topological polar surface area (TPSA) is 73.2 Å². The Kier molecular flexibility index (Phi) is 3.93. The molecule has 0 saturated carbocycles. The number of rotatable bonds is 2. The van der Waals surface area contributed by atoms with E-state index in [2.05, 4.69) is 5.32 Å². The summed E-state index contributed by atoms with van der Waals surface area (Å²) in [5.74, 6) is 0. The minimum Gasteiger partial charge on any atom is -0.315 e. The minimum absolute atomic E-state index is 0.0110. The highest BCUT2D eigenvalue weighted by Crippen LogP contribution is 2.34. The van der Waals surface area contributed by atoms with Crippen LogP contribution in [0.1, 0.15) is 24.8 Å². The molecule has 2 fully saturated rings. The number of nitriles is 1.